The maximum Gasteiger partial charge on any atom is 0.0849 e. The fourth-order valence-corrected chi connectivity index (χ4v) is 1.60. The van der Waals surface area contributed by atoms with Crippen LogP contribution < -0.4 is 0 Å². The third kappa shape index (κ3) is 1.18. The summed E-state index contributed by atoms with van der Waals surface area (Å²) in [5, 5.41) is 9.44. The highest BCUT2D eigenvalue weighted by Gasteiger charge is 2.36. The minimum Gasteiger partial charge on any atom is -0.390 e. The lowest BCUT2D eigenvalue weighted by Gasteiger charge is -2.12. The lowest BCUT2D eigenvalue weighted by atomic mass is 9.98. The van der Waals surface area contributed by atoms with Gasteiger partial charge in [-0.3, -0.25) is 0 Å². The third-order valence-corrected chi connectivity index (χ3v) is 2.40. The molecule has 1 aliphatic heterocycles. The summed E-state index contributed by atoms with van der Waals surface area (Å²) in [6.45, 7) is 6.06. The van der Waals surface area contributed by atoms with E-state index in [-0.39, 0.29) is 18.3 Å². The average Bonchev–Trinajstić information content (AvgIpc) is 2.17. The Bertz CT molecular complexity index is 114. The van der Waals surface area contributed by atoms with E-state index in [0.717, 1.165) is 6.42 Å². The van der Waals surface area contributed by atoms with E-state index in [1.165, 1.54) is 0 Å². The molecule has 1 rings (SSSR count). The monoisotopic (exact) mass is 144 g/mol. The summed E-state index contributed by atoms with van der Waals surface area (Å²) in [7, 11) is 0. The lowest BCUT2D eigenvalue weighted by molar-refractivity contribution is 0.0209. The largest absolute Gasteiger partial charge is 0.390 e. The molecular formula is C8H16O2. The van der Waals surface area contributed by atoms with Gasteiger partial charge in [-0.2, -0.15) is 0 Å². The zero-order valence-corrected chi connectivity index (χ0v) is 6.87. The van der Waals surface area contributed by atoms with Crippen molar-refractivity contribution in [3.8, 4) is 0 Å². The molecule has 1 saturated heterocycles. The molecule has 0 amide bonds. The van der Waals surface area contributed by atoms with Gasteiger partial charge in [0.1, 0.15) is 0 Å². The molecule has 1 aliphatic rings. The van der Waals surface area contributed by atoms with Crippen LogP contribution in [0.2, 0.25) is 0 Å². The molecule has 10 heavy (non-hydrogen) atoms. The van der Waals surface area contributed by atoms with Crippen LogP contribution in [0.25, 0.3) is 0 Å². The Hall–Kier alpha value is -0.0800. The second-order valence-corrected chi connectivity index (χ2v) is 3.14. The van der Waals surface area contributed by atoms with Crippen LogP contribution in [-0.2, 0) is 4.74 Å². The SMILES string of the molecule is CC[C@H]1O[C@@H](C)[C@@H](O)C1C. The molecule has 60 valence electrons. The van der Waals surface area contributed by atoms with Crippen molar-refractivity contribution >= 4 is 0 Å². The Morgan fingerprint density at radius 1 is 1.40 bits per heavy atom. The lowest BCUT2D eigenvalue weighted by Crippen LogP contribution is -2.23. The van der Waals surface area contributed by atoms with Crippen molar-refractivity contribution in [2.24, 2.45) is 5.92 Å². The highest BCUT2D eigenvalue weighted by atomic mass is 16.5. The Kier molecular flexibility index (Phi) is 2.32. The van der Waals surface area contributed by atoms with Gasteiger partial charge >= 0.3 is 0 Å². The first-order chi connectivity index (χ1) is 4.66. The number of aliphatic hydroxyl groups excluding tert-OH is 1. The van der Waals surface area contributed by atoms with Crippen molar-refractivity contribution in [3.05, 3.63) is 0 Å². The van der Waals surface area contributed by atoms with Gasteiger partial charge in [0.05, 0.1) is 18.3 Å². The van der Waals surface area contributed by atoms with Crippen LogP contribution in [0.3, 0.4) is 0 Å². The van der Waals surface area contributed by atoms with E-state index in [4.69, 9.17) is 4.74 Å². The maximum absolute atomic E-state index is 9.44. The Morgan fingerprint density at radius 3 is 2.20 bits per heavy atom. The summed E-state index contributed by atoms with van der Waals surface area (Å²) >= 11 is 0. The second-order valence-electron chi connectivity index (χ2n) is 3.14. The topological polar surface area (TPSA) is 29.5 Å². The molecule has 2 nitrogen and oxygen atoms in total. The normalized spacial score (nSPS) is 48.0. The van der Waals surface area contributed by atoms with E-state index in [2.05, 4.69) is 6.92 Å². The van der Waals surface area contributed by atoms with Gasteiger partial charge < -0.3 is 9.84 Å². The molecule has 0 aromatic carbocycles. The fourth-order valence-electron chi connectivity index (χ4n) is 1.60. The van der Waals surface area contributed by atoms with E-state index in [9.17, 15) is 5.11 Å². The van der Waals surface area contributed by atoms with E-state index >= 15 is 0 Å². The summed E-state index contributed by atoms with van der Waals surface area (Å²) < 4.78 is 5.48. The quantitative estimate of drug-likeness (QED) is 0.599. The first-order valence-corrected chi connectivity index (χ1v) is 4.00. The smallest absolute Gasteiger partial charge is 0.0849 e. The minimum absolute atomic E-state index is 0.0277. The van der Waals surface area contributed by atoms with Crippen molar-refractivity contribution in [1.29, 1.82) is 0 Å². The van der Waals surface area contributed by atoms with Crippen molar-refractivity contribution in [3.63, 3.8) is 0 Å². The predicted molar refractivity (Wildman–Crippen MR) is 39.8 cm³/mol. The van der Waals surface area contributed by atoms with Crippen LogP contribution in [0.1, 0.15) is 27.2 Å². The zero-order valence-electron chi connectivity index (χ0n) is 6.87. The van der Waals surface area contributed by atoms with Crippen molar-refractivity contribution < 1.29 is 9.84 Å². The van der Waals surface area contributed by atoms with Crippen LogP contribution >= 0.6 is 0 Å². The maximum atomic E-state index is 9.44. The molecular weight excluding hydrogens is 128 g/mol. The average molecular weight is 144 g/mol. The Balaban J connectivity index is 2.53. The fraction of sp³-hybridized carbons (Fsp3) is 1.00. The molecule has 1 fully saturated rings. The molecule has 0 saturated carbocycles. The first-order valence-electron chi connectivity index (χ1n) is 4.00. The van der Waals surface area contributed by atoms with Gasteiger partial charge in [-0.25, -0.2) is 0 Å². The Labute approximate surface area is 62.2 Å². The minimum atomic E-state index is -0.259. The first kappa shape index (κ1) is 8.02. The van der Waals surface area contributed by atoms with Gasteiger partial charge in [0.2, 0.25) is 0 Å². The summed E-state index contributed by atoms with van der Waals surface area (Å²) in [5.41, 5.74) is 0. The van der Waals surface area contributed by atoms with Crippen molar-refractivity contribution in [1.82, 2.24) is 0 Å². The van der Waals surface area contributed by atoms with Gasteiger partial charge in [-0.05, 0) is 13.3 Å². The summed E-state index contributed by atoms with van der Waals surface area (Å²) in [6, 6.07) is 0. The molecule has 0 aliphatic carbocycles. The van der Waals surface area contributed by atoms with Gasteiger partial charge in [-0.15, -0.1) is 0 Å². The molecule has 0 bridgehead atoms. The molecule has 1 unspecified atom stereocenters. The number of rotatable bonds is 1. The molecule has 0 aromatic heterocycles. The van der Waals surface area contributed by atoms with E-state index < -0.39 is 0 Å². The number of aliphatic hydroxyl groups is 1. The Morgan fingerprint density at radius 2 is 2.00 bits per heavy atom. The standard InChI is InChI=1S/C8H16O2/c1-4-7-5(2)8(9)6(3)10-7/h5-9H,4H2,1-3H3/t5?,6-,7+,8-/m0/s1. The summed E-state index contributed by atoms with van der Waals surface area (Å²) in [6.07, 6.45) is 1.04. The summed E-state index contributed by atoms with van der Waals surface area (Å²) in [5.74, 6) is 0.306. The van der Waals surface area contributed by atoms with Crippen LogP contribution in [-0.4, -0.2) is 23.4 Å². The molecule has 0 radical (unpaired) electrons. The van der Waals surface area contributed by atoms with Crippen molar-refractivity contribution in [2.45, 2.75) is 45.5 Å². The van der Waals surface area contributed by atoms with Crippen LogP contribution in [0.15, 0.2) is 0 Å². The summed E-state index contributed by atoms with van der Waals surface area (Å²) in [4.78, 5) is 0. The number of hydrogen-bond donors (Lipinski definition) is 1. The van der Waals surface area contributed by atoms with Crippen LogP contribution in [0.4, 0.5) is 0 Å². The van der Waals surface area contributed by atoms with Crippen LogP contribution in [0.5, 0.6) is 0 Å². The van der Waals surface area contributed by atoms with Gasteiger partial charge in [0.25, 0.3) is 0 Å². The van der Waals surface area contributed by atoms with E-state index in [1.54, 1.807) is 0 Å². The van der Waals surface area contributed by atoms with Gasteiger partial charge in [-0.1, -0.05) is 13.8 Å². The molecule has 1 N–H and O–H groups in total. The van der Waals surface area contributed by atoms with E-state index in [0.29, 0.717) is 5.92 Å². The predicted octanol–water partition coefficient (Wildman–Crippen LogP) is 1.18. The molecule has 0 aromatic rings. The van der Waals surface area contributed by atoms with Crippen LogP contribution in [0, 0.1) is 5.92 Å². The number of ether oxygens (including phenoxy) is 1. The zero-order chi connectivity index (χ0) is 7.72. The molecule has 2 heteroatoms. The molecule has 4 atom stereocenters. The highest BCUT2D eigenvalue weighted by Crippen LogP contribution is 2.27. The van der Waals surface area contributed by atoms with E-state index in [1.807, 2.05) is 13.8 Å². The van der Waals surface area contributed by atoms with Crippen molar-refractivity contribution in [2.75, 3.05) is 0 Å². The highest BCUT2D eigenvalue weighted by molar-refractivity contribution is 4.84. The molecule has 0 spiro atoms. The number of hydrogen-bond acceptors (Lipinski definition) is 2. The second kappa shape index (κ2) is 2.89. The van der Waals surface area contributed by atoms with Gasteiger partial charge in [0.15, 0.2) is 0 Å². The van der Waals surface area contributed by atoms with Gasteiger partial charge in [0, 0.05) is 5.92 Å². The third-order valence-electron chi connectivity index (χ3n) is 2.40. The molecule has 1 heterocycles.